The Morgan fingerprint density at radius 1 is 1.53 bits per heavy atom. The lowest BCUT2D eigenvalue weighted by atomic mass is 10.3. The molecule has 3 nitrogen and oxygen atoms in total. The molecule has 1 N–H and O–H groups in total. The molecule has 1 heterocycles. The quantitative estimate of drug-likeness (QED) is 0.815. The minimum absolute atomic E-state index is 0.261. The van der Waals surface area contributed by atoms with E-state index in [-0.39, 0.29) is 5.82 Å². The van der Waals surface area contributed by atoms with Crippen LogP contribution in [0.2, 0.25) is 0 Å². The monoisotopic (exact) mass is 226 g/mol. The average Bonchev–Trinajstić information content (AvgIpc) is 2.51. The van der Waals surface area contributed by atoms with Gasteiger partial charge in [0.2, 0.25) is 0 Å². The maximum Gasteiger partial charge on any atom is 0.178 e. The van der Waals surface area contributed by atoms with Gasteiger partial charge in [-0.3, -0.25) is 0 Å². The Balaban J connectivity index is 2.55. The molecule has 0 fully saturated rings. The molecular weight excluding hydrogens is 215 g/mol. The second-order valence-corrected chi connectivity index (χ2v) is 3.62. The number of ether oxygens (including phenoxy) is 1. The number of imidazole rings is 1. The molecule has 0 unspecified atom stereocenters. The van der Waals surface area contributed by atoms with E-state index in [1.807, 2.05) is 4.57 Å². The van der Waals surface area contributed by atoms with Crippen LogP contribution in [0.25, 0.3) is 11.0 Å². The highest BCUT2D eigenvalue weighted by molar-refractivity contribution is 7.71. The summed E-state index contributed by atoms with van der Waals surface area (Å²) in [6, 6.07) is 4.56. The Morgan fingerprint density at radius 3 is 3.07 bits per heavy atom. The van der Waals surface area contributed by atoms with Gasteiger partial charge in [-0.2, -0.15) is 0 Å². The van der Waals surface area contributed by atoms with E-state index in [4.69, 9.17) is 17.0 Å². The summed E-state index contributed by atoms with van der Waals surface area (Å²) in [5, 5.41) is 0. The van der Waals surface area contributed by atoms with Crippen molar-refractivity contribution >= 4 is 23.3 Å². The second kappa shape index (κ2) is 4.12. The third-order valence-electron chi connectivity index (χ3n) is 2.26. The van der Waals surface area contributed by atoms with Crippen LogP contribution < -0.4 is 0 Å². The number of nitrogens with one attached hydrogen (secondary N) is 1. The standard InChI is InChI=1S/C10H11FN2OS/c1-14-5-4-13-9-6-7(11)2-3-8(9)12-10(13)15/h2-3,6H,4-5H2,1H3,(H,12,15). The van der Waals surface area contributed by atoms with Crippen molar-refractivity contribution in [2.75, 3.05) is 13.7 Å². The Morgan fingerprint density at radius 2 is 2.33 bits per heavy atom. The van der Waals surface area contributed by atoms with Crippen molar-refractivity contribution in [3.05, 3.63) is 28.8 Å². The topological polar surface area (TPSA) is 29.9 Å². The van der Waals surface area contributed by atoms with Gasteiger partial charge in [-0.05, 0) is 30.4 Å². The summed E-state index contributed by atoms with van der Waals surface area (Å²) in [4.78, 5) is 3.02. The molecule has 0 aliphatic carbocycles. The number of nitrogens with zero attached hydrogens (tertiary/aromatic N) is 1. The lowest BCUT2D eigenvalue weighted by Gasteiger charge is -2.02. The molecule has 5 heteroatoms. The number of benzene rings is 1. The van der Waals surface area contributed by atoms with Crippen molar-refractivity contribution in [2.45, 2.75) is 6.54 Å². The van der Waals surface area contributed by atoms with E-state index in [0.29, 0.717) is 17.9 Å². The number of hydrogen-bond donors (Lipinski definition) is 1. The highest BCUT2D eigenvalue weighted by Crippen LogP contribution is 2.15. The Kier molecular flexibility index (Phi) is 2.83. The highest BCUT2D eigenvalue weighted by Gasteiger charge is 2.04. The van der Waals surface area contributed by atoms with Crippen molar-refractivity contribution in [1.82, 2.24) is 9.55 Å². The summed E-state index contributed by atoms with van der Waals surface area (Å²) in [6.45, 7) is 1.18. The van der Waals surface area contributed by atoms with Crippen LogP contribution in [-0.2, 0) is 11.3 Å². The van der Waals surface area contributed by atoms with Crippen LogP contribution in [0, 0.1) is 10.6 Å². The molecule has 0 saturated carbocycles. The zero-order valence-electron chi connectivity index (χ0n) is 8.29. The maximum absolute atomic E-state index is 13.1. The van der Waals surface area contributed by atoms with E-state index in [0.717, 1.165) is 11.0 Å². The van der Waals surface area contributed by atoms with Crippen LogP contribution in [0.3, 0.4) is 0 Å². The highest BCUT2D eigenvalue weighted by atomic mass is 32.1. The Bertz CT molecular complexity index is 532. The molecule has 0 aliphatic heterocycles. The molecule has 15 heavy (non-hydrogen) atoms. The number of halogens is 1. The lowest BCUT2D eigenvalue weighted by molar-refractivity contribution is 0.188. The van der Waals surface area contributed by atoms with Crippen LogP contribution in [0.5, 0.6) is 0 Å². The predicted octanol–water partition coefficient (Wildman–Crippen LogP) is 2.48. The molecule has 0 bridgehead atoms. The van der Waals surface area contributed by atoms with Gasteiger partial charge in [-0.25, -0.2) is 4.39 Å². The lowest BCUT2D eigenvalue weighted by Crippen LogP contribution is -2.03. The minimum Gasteiger partial charge on any atom is -0.383 e. The summed E-state index contributed by atoms with van der Waals surface area (Å²) in [6.07, 6.45) is 0. The first-order chi connectivity index (χ1) is 7.22. The summed E-state index contributed by atoms with van der Waals surface area (Å²) in [5.74, 6) is -0.261. The van der Waals surface area contributed by atoms with Crippen LogP contribution >= 0.6 is 12.2 Å². The van der Waals surface area contributed by atoms with Gasteiger partial charge >= 0.3 is 0 Å². The molecule has 0 radical (unpaired) electrons. The van der Waals surface area contributed by atoms with Gasteiger partial charge in [-0.15, -0.1) is 0 Å². The number of H-pyrrole nitrogens is 1. The first kappa shape index (κ1) is 10.3. The largest absolute Gasteiger partial charge is 0.383 e. The number of methoxy groups -OCH3 is 1. The van der Waals surface area contributed by atoms with Gasteiger partial charge in [0.1, 0.15) is 5.82 Å². The SMILES string of the molecule is COCCn1c(=S)[nH]c2ccc(F)cc21. The van der Waals surface area contributed by atoms with Crippen molar-refractivity contribution in [3.63, 3.8) is 0 Å². The fourth-order valence-electron chi connectivity index (χ4n) is 1.53. The first-order valence-corrected chi connectivity index (χ1v) is 5.00. The number of fused-ring (bicyclic) bond motifs is 1. The average molecular weight is 226 g/mol. The molecule has 2 rings (SSSR count). The maximum atomic E-state index is 13.1. The minimum atomic E-state index is -0.261. The molecule has 1 aromatic carbocycles. The Labute approximate surface area is 91.5 Å². The van der Waals surface area contributed by atoms with E-state index in [1.165, 1.54) is 12.1 Å². The van der Waals surface area contributed by atoms with E-state index in [2.05, 4.69) is 4.98 Å². The van der Waals surface area contributed by atoms with Gasteiger partial charge < -0.3 is 14.3 Å². The van der Waals surface area contributed by atoms with Crippen LogP contribution in [0.4, 0.5) is 4.39 Å². The van der Waals surface area contributed by atoms with E-state index < -0.39 is 0 Å². The zero-order chi connectivity index (χ0) is 10.8. The van der Waals surface area contributed by atoms with Gasteiger partial charge in [0, 0.05) is 13.7 Å². The van der Waals surface area contributed by atoms with Gasteiger partial charge in [0.25, 0.3) is 0 Å². The van der Waals surface area contributed by atoms with Gasteiger partial charge in [0.05, 0.1) is 17.6 Å². The number of aromatic amines is 1. The summed E-state index contributed by atoms with van der Waals surface area (Å²) >= 11 is 5.14. The molecular formula is C10H11FN2OS. The number of aromatic nitrogens is 2. The Hall–Kier alpha value is -1.20. The fourth-order valence-corrected chi connectivity index (χ4v) is 1.83. The normalized spacial score (nSPS) is 11.1. The molecule has 2 aromatic rings. The predicted molar refractivity (Wildman–Crippen MR) is 59.0 cm³/mol. The molecule has 1 aromatic heterocycles. The van der Waals surface area contributed by atoms with Gasteiger partial charge in [0.15, 0.2) is 4.77 Å². The van der Waals surface area contributed by atoms with Crippen LogP contribution in [0.15, 0.2) is 18.2 Å². The smallest absolute Gasteiger partial charge is 0.178 e. The molecule has 0 aliphatic rings. The molecule has 0 atom stereocenters. The number of rotatable bonds is 3. The van der Waals surface area contributed by atoms with E-state index >= 15 is 0 Å². The van der Waals surface area contributed by atoms with Gasteiger partial charge in [-0.1, -0.05) is 0 Å². The van der Waals surface area contributed by atoms with Crippen molar-refractivity contribution < 1.29 is 9.13 Å². The number of hydrogen-bond acceptors (Lipinski definition) is 2. The van der Waals surface area contributed by atoms with E-state index in [9.17, 15) is 4.39 Å². The third-order valence-corrected chi connectivity index (χ3v) is 2.58. The summed E-state index contributed by atoms with van der Waals surface area (Å²) in [7, 11) is 1.62. The van der Waals surface area contributed by atoms with Crippen molar-refractivity contribution in [1.29, 1.82) is 0 Å². The first-order valence-electron chi connectivity index (χ1n) is 4.59. The molecule has 80 valence electrons. The summed E-state index contributed by atoms with van der Waals surface area (Å²) in [5.41, 5.74) is 1.62. The van der Waals surface area contributed by atoms with Crippen molar-refractivity contribution in [3.8, 4) is 0 Å². The van der Waals surface area contributed by atoms with Crippen molar-refractivity contribution in [2.24, 2.45) is 0 Å². The molecule has 0 saturated heterocycles. The molecule has 0 spiro atoms. The van der Waals surface area contributed by atoms with Crippen LogP contribution in [-0.4, -0.2) is 23.3 Å². The summed E-state index contributed by atoms with van der Waals surface area (Å²) < 4.78 is 20.5. The second-order valence-electron chi connectivity index (χ2n) is 3.24. The van der Waals surface area contributed by atoms with Crippen LogP contribution in [0.1, 0.15) is 0 Å². The third kappa shape index (κ3) is 1.93. The fraction of sp³-hybridized carbons (Fsp3) is 0.300. The van der Waals surface area contributed by atoms with E-state index in [1.54, 1.807) is 13.2 Å². The molecule has 0 amide bonds. The zero-order valence-corrected chi connectivity index (χ0v) is 9.10.